The van der Waals surface area contributed by atoms with Crippen LogP contribution in [0.4, 0.5) is 0 Å². The smallest absolute Gasteiger partial charge is 0.0360 e. The summed E-state index contributed by atoms with van der Waals surface area (Å²) < 4.78 is 0. The molecule has 0 bridgehead atoms. The van der Waals surface area contributed by atoms with Gasteiger partial charge in [0.05, 0.1) is 0 Å². The third-order valence-electron chi connectivity index (χ3n) is 4.62. The van der Waals surface area contributed by atoms with Crippen molar-refractivity contribution in [3.05, 3.63) is 0 Å². The van der Waals surface area contributed by atoms with Crippen molar-refractivity contribution >= 4 is 11.8 Å². The van der Waals surface area contributed by atoms with E-state index in [4.69, 9.17) is 5.73 Å². The number of hydrogen-bond acceptors (Lipinski definition) is 3. The molecule has 1 saturated carbocycles. The minimum Gasteiger partial charge on any atom is -0.329 e. The molecule has 0 aromatic rings. The Hall–Kier alpha value is 0.270. The SMILES string of the molecule is CCC1CCCC1(CN)N1CCCSCC1. The fraction of sp³-hybridized carbons (Fsp3) is 1.00. The molecule has 1 aliphatic carbocycles. The molecule has 2 aliphatic rings. The van der Waals surface area contributed by atoms with Crippen molar-refractivity contribution in [1.29, 1.82) is 0 Å². The highest BCUT2D eigenvalue weighted by atomic mass is 32.2. The lowest BCUT2D eigenvalue weighted by Crippen LogP contribution is -2.56. The molecule has 0 spiro atoms. The Labute approximate surface area is 104 Å². The summed E-state index contributed by atoms with van der Waals surface area (Å²) in [6, 6.07) is 0. The fourth-order valence-corrected chi connectivity index (χ4v) is 4.60. The molecular weight excluding hydrogens is 216 g/mol. The Kier molecular flexibility index (Phi) is 4.57. The molecule has 94 valence electrons. The van der Waals surface area contributed by atoms with Crippen molar-refractivity contribution in [2.45, 2.75) is 44.6 Å². The average Bonchev–Trinajstić information content (AvgIpc) is 2.55. The van der Waals surface area contributed by atoms with E-state index in [2.05, 4.69) is 23.6 Å². The second kappa shape index (κ2) is 5.74. The molecule has 2 N–H and O–H groups in total. The Morgan fingerprint density at radius 2 is 2.19 bits per heavy atom. The second-order valence-electron chi connectivity index (χ2n) is 5.26. The molecule has 0 radical (unpaired) electrons. The molecule has 0 aromatic heterocycles. The maximum absolute atomic E-state index is 6.17. The van der Waals surface area contributed by atoms with Gasteiger partial charge >= 0.3 is 0 Å². The third kappa shape index (κ3) is 2.27. The van der Waals surface area contributed by atoms with Crippen molar-refractivity contribution < 1.29 is 0 Å². The van der Waals surface area contributed by atoms with E-state index in [1.54, 1.807) is 0 Å². The van der Waals surface area contributed by atoms with Gasteiger partial charge in [-0.3, -0.25) is 4.90 Å². The van der Waals surface area contributed by atoms with Gasteiger partial charge in [-0.2, -0.15) is 11.8 Å². The van der Waals surface area contributed by atoms with Crippen LogP contribution in [0, 0.1) is 5.92 Å². The Morgan fingerprint density at radius 1 is 1.31 bits per heavy atom. The quantitative estimate of drug-likeness (QED) is 0.823. The van der Waals surface area contributed by atoms with E-state index in [-0.39, 0.29) is 0 Å². The molecule has 0 amide bonds. The average molecular weight is 242 g/mol. The van der Waals surface area contributed by atoms with Crippen molar-refractivity contribution in [2.24, 2.45) is 11.7 Å². The van der Waals surface area contributed by atoms with Gasteiger partial charge in [-0.1, -0.05) is 19.8 Å². The predicted octanol–water partition coefficient (Wildman–Crippen LogP) is 2.33. The van der Waals surface area contributed by atoms with Crippen molar-refractivity contribution in [3.63, 3.8) is 0 Å². The van der Waals surface area contributed by atoms with Crippen LogP contribution in [0.1, 0.15) is 39.0 Å². The first kappa shape index (κ1) is 12.7. The highest BCUT2D eigenvalue weighted by Crippen LogP contribution is 2.42. The third-order valence-corrected chi connectivity index (χ3v) is 5.67. The summed E-state index contributed by atoms with van der Waals surface area (Å²) in [5.41, 5.74) is 6.53. The van der Waals surface area contributed by atoms with Crippen LogP contribution in [0.3, 0.4) is 0 Å². The normalized spacial score (nSPS) is 37.5. The van der Waals surface area contributed by atoms with Gasteiger partial charge in [0.2, 0.25) is 0 Å². The zero-order valence-corrected chi connectivity index (χ0v) is 11.4. The highest BCUT2D eigenvalue weighted by molar-refractivity contribution is 7.99. The minimum absolute atomic E-state index is 0.361. The molecule has 2 nitrogen and oxygen atoms in total. The van der Waals surface area contributed by atoms with Gasteiger partial charge in [-0.25, -0.2) is 0 Å². The van der Waals surface area contributed by atoms with Gasteiger partial charge in [-0.05, 0) is 37.5 Å². The van der Waals surface area contributed by atoms with E-state index in [0.717, 1.165) is 12.5 Å². The number of nitrogens with two attached hydrogens (primary N) is 1. The van der Waals surface area contributed by atoms with Crippen LogP contribution in [0.25, 0.3) is 0 Å². The minimum atomic E-state index is 0.361. The summed E-state index contributed by atoms with van der Waals surface area (Å²) in [7, 11) is 0. The van der Waals surface area contributed by atoms with Crippen molar-refractivity contribution in [1.82, 2.24) is 4.90 Å². The van der Waals surface area contributed by atoms with Gasteiger partial charge in [0, 0.05) is 24.4 Å². The molecule has 1 saturated heterocycles. The molecule has 2 rings (SSSR count). The maximum atomic E-state index is 6.17. The summed E-state index contributed by atoms with van der Waals surface area (Å²) in [5.74, 6) is 3.49. The van der Waals surface area contributed by atoms with Crippen molar-refractivity contribution in [2.75, 3.05) is 31.1 Å². The number of rotatable bonds is 3. The van der Waals surface area contributed by atoms with Crippen LogP contribution in [-0.4, -0.2) is 41.6 Å². The molecule has 2 unspecified atom stereocenters. The Morgan fingerprint density at radius 3 is 2.94 bits per heavy atom. The maximum Gasteiger partial charge on any atom is 0.0360 e. The van der Waals surface area contributed by atoms with E-state index in [1.807, 2.05) is 0 Å². The molecule has 16 heavy (non-hydrogen) atoms. The summed E-state index contributed by atoms with van der Waals surface area (Å²) in [6.45, 7) is 5.75. The van der Waals surface area contributed by atoms with Crippen LogP contribution in [0.15, 0.2) is 0 Å². The van der Waals surface area contributed by atoms with Gasteiger partial charge < -0.3 is 5.73 Å². The summed E-state index contributed by atoms with van der Waals surface area (Å²) in [6.07, 6.45) is 6.78. The zero-order chi connectivity index (χ0) is 11.4. The van der Waals surface area contributed by atoms with E-state index < -0.39 is 0 Å². The lowest BCUT2D eigenvalue weighted by molar-refractivity contribution is 0.0631. The Bertz CT molecular complexity index is 214. The van der Waals surface area contributed by atoms with Gasteiger partial charge in [0.15, 0.2) is 0 Å². The molecule has 2 fully saturated rings. The van der Waals surface area contributed by atoms with Crippen molar-refractivity contribution in [3.8, 4) is 0 Å². The van der Waals surface area contributed by atoms with Gasteiger partial charge in [0.1, 0.15) is 0 Å². The van der Waals surface area contributed by atoms with Crippen LogP contribution >= 0.6 is 11.8 Å². The van der Waals surface area contributed by atoms with E-state index >= 15 is 0 Å². The molecule has 1 heterocycles. The van der Waals surface area contributed by atoms with Crippen LogP contribution in [0.5, 0.6) is 0 Å². The lowest BCUT2D eigenvalue weighted by atomic mass is 9.83. The highest BCUT2D eigenvalue weighted by Gasteiger charge is 2.44. The zero-order valence-electron chi connectivity index (χ0n) is 10.6. The Balaban J connectivity index is 2.11. The van der Waals surface area contributed by atoms with E-state index in [9.17, 15) is 0 Å². The first-order chi connectivity index (χ1) is 7.83. The standard InChI is InChI=1S/C13H26N2S/c1-2-12-5-3-6-13(12,11-14)15-7-4-9-16-10-8-15/h12H,2-11,14H2,1H3. The van der Waals surface area contributed by atoms with E-state index in [0.29, 0.717) is 5.54 Å². The largest absolute Gasteiger partial charge is 0.329 e. The van der Waals surface area contributed by atoms with Gasteiger partial charge in [-0.15, -0.1) is 0 Å². The summed E-state index contributed by atoms with van der Waals surface area (Å²) in [4.78, 5) is 2.74. The van der Waals surface area contributed by atoms with Crippen LogP contribution in [-0.2, 0) is 0 Å². The molecular formula is C13H26N2S. The van der Waals surface area contributed by atoms with Gasteiger partial charge in [0.25, 0.3) is 0 Å². The summed E-state index contributed by atoms with van der Waals surface area (Å²) >= 11 is 2.11. The monoisotopic (exact) mass is 242 g/mol. The number of nitrogens with zero attached hydrogens (tertiary/aromatic N) is 1. The molecule has 1 aliphatic heterocycles. The fourth-order valence-electron chi connectivity index (χ4n) is 3.72. The lowest BCUT2D eigenvalue weighted by Gasteiger charge is -2.44. The molecule has 0 aromatic carbocycles. The number of hydrogen-bond donors (Lipinski definition) is 1. The first-order valence-corrected chi connectivity index (χ1v) is 8.02. The topological polar surface area (TPSA) is 29.3 Å². The summed E-state index contributed by atoms with van der Waals surface area (Å²) in [5, 5.41) is 0. The van der Waals surface area contributed by atoms with Crippen LogP contribution < -0.4 is 5.73 Å². The second-order valence-corrected chi connectivity index (χ2v) is 6.48. The van der Waals surface area contributed by atoms with Crippen LogP contribution in [0.2, 0.25) is 0 Å². The first-order valence-electron chi connectivity index (χ1n) is 6.86. The molecule has 2 atom stereocenters. The van der Waals surface area contributed by atoms with E-state index in [1.165, 1.54) is 56.7 Å². The predicted molar refractivity (Wildman–Crippen MR) is 72.9 cm³/mol. The molecule has 3 heteroatoms. The number of thioether (sulfide) groups is 1.